The van der Waals surface area contributed by atoms with Crippen LogP contribution in [0.4, 0.5) is 0 Å². The molecule has 18 heavy (non-hydrogen) atoms. The molecular weight excluding hydrogens is 228 g/mol. The molecule has 0 aliphatic rings. The van der Waals surface area contributed by atoms with Gasteiger partial charge in [-0.25, -0.2) is 0 Å². The van der Waals surface area contributed by atoms with Crippen LogP contribution < -0.4 is 0 Å². The Balaban J connectivity index is 0.000000357. The lowest BCUT2D eigenvalue weighted by molar-refractivity contribution is -0.134. The van der Waals surface area contributed by atoms with Gasteiger partial charge >= 0.3 is 0 Å². The van der Waals surface area contributed by atoms with Crippen molar-refractivity contribution in [3.63, 3.8) is 0 Å². The quantitative estimate of drug-likeness (QED) is 0.798. The number of aliphatic hydroxyl groups is 1. The Morgan fingerprint density at radius 3 is 2.33 bits per heavy atom. The number of hydrogen-bond donors (Lipinski definition) is 2. The van der Waals surface area contributed by atoms with Crippen molar-refractivity contribution in [2.45, 2.75) is 13.0 Å². The van der Waals surface area contributed by atoms with Crippen LogP contribution in [0.2, 0.25) is 0 Å². The van der Waals surface area contributed by atoms with E-state index in [1.807, 2.05) is 36.4 Å². The molecule has 94 valence electrons. The van der Waals surface area contributed by atoms with Crippen molar-refractivity contribution < 1.29 is 15.0 Å². The van der Waals surface area contributed by atoms with E-state index in [0.717, 1.165) is 17.9 Å². The van der Waals surface area contributed by atoms with Crippen LogP contribution in [0.25, 0.3) is 10.8 Å². The number of carbonyl (C=O) groups is 1. The van der Waals surface area contributed by atoms with Gasteiger partial charge in [-0.3, -0.25) is 4.79 Å². The van der Waals surface area contributed by atoms with Gasteiger partial charge in [-0.1, -0.05) is 42.5 Å². The molecule has 1 atom stereocenters. The summed E-state index contributed by atoms with van der Waals surface area (Å²) in [5.74, 6) is -0.833. The van der Waals surface area contributed by atoms with Gasteiger partial charge in [0.15, 0.2) is 0 Å². The van der Waals surface area contributed by atoms with Crippen molar-refractivity contribution in [3.05, 3.63) is 60.7 Å². The van der Waals surface area contributed by atoms with Crippen molar-refractivity contribution in [1.29, 1.82) is 0 Å². The van der Waals surface area contributed by atoms with E-state index in [2.05, 4.69) is 12.6 Å². The molecule has 0 fully saturated rings. The second-order valence-electron chi connectivity index (χ2n) is 3.81. The molecule has 0 amide bonds. The van der Waals surface area contributed by atoms with Crippen molar-refractivity contribution in [3.8, 4) is 0 Å². The lowest BCUT2D eigenvalue weighted by Crippen LogP contribution is -1.91. The summed E-state index contributed by atoms with van der Waals surface area (Å²) in [6.45, 7) is 4.65. The molecule has 0 aromatic heterocycles. The van der Waals surface area contributed by atoms with Crippen LogP contribution in [-0.4, -0.2) is 16.2 Å². The first-order valence-electron chi connectivity index (χ1n) is 5.53. The molecule has 0 aliphatic carbocycles. The van der Waals surface area contributed by atoms with Gasteiger partial charge < -0.3 is 10.2 Å². The first kappa shape index (κ1) is 13.9. The van der Waals surface area contributed by atoms with Crippen LogP contribution >= 0.6 is 0 Å². The van der Waals surface area contributed by atoms with Crippen LogP contribution in [0.3, 0.4) is 0 Å². The number of carboxylic acids is 1. The van der Waals surface area contributed by atoms with Crippen LogP contribution in [0.1, 0.15) is 18.6 Å². The average Bonchev–Trinajstić information content (AvgIpc) is 2.36. The molecule has 2 rings (SSSR count). The third kappa shape index (κ3) is 4.03. The summed E-state index contributed by atoms with van der Waals surface area (Å²) in [6.07, 6.45) is 0.962. The first-order chi connectivity index (χ1) is 8.54. The standard InChI is InChI=1S/C13H12O.C2H4O2/c1-2-13(14)12-8-7-10-5-3-4-6-11(10)9-12;1-2(3)4/h2-9,13-14H,1H2;1H3,(H,3,4). The van der Waals surface area contributed by atoms with E-state index in [4.69, 9.17) is 9.90 Å². The van der Waals surface area contributed by atoms with Crippen LogP contribution in [0, 0.1) is 0 Å². The summed E-state index contributed by atoms with van der Waals surface area (Å²) in [4.78, 5) is 9.00. The van der Waals surface area contributed by atoms with E-state index < -0.39 is 12.1 Å². The predicted molar refractivity (Wildman–Crippen MR) is 72.4 cm³/mol. The zero-order valence-electron chi connectivity index (χ0n) is 10.2. The largest absolute Gasteiger partial charge is 0.481 e. The zero-order chi connectivity index (χ0) is 13.5. The van der Waals surface area contributed by atoms with Gasteiger partial charge in [0.2, 0.25) is 0 Å². The van der Waals surface area contributed by atoms with Crippen LogP contribution in [-0.2, 0) is 4.79 Å². The van der Waals surface area contributed by atoms with Crippen molar-refractivity contribution >= 4 is 16.7 Å². The van der Waals surface area contributed by atoms with Crippen LogP contribution in [0.5, 0.6) is 0 Å². The molecule has 2 aromatic rings. The fraction of sp³-hybridized carbons (Fsp3) is 0.133. The van der Waals surface area contributed by atoms with Crippen molar-refractivity contribution in [1.82, 2.24) is 0 Å². The van der Waals surface area contributed by atoms with Gasteiger partial charge in [-0.15, -0.1) is 6.58 Å². The Morgan fingerprint density at radius 1 is 1.22 bits per heavy atom. The van der Waals surface area contributed by atoms with E-state index in [-0.39, 0.29) is 0 Å². The first-order valence-corrected chi connectivity index (χ1v) is 5.53. The Kier molecular flexibility index (Phi) is 5.08. The third-order valence-electron chi connectivity index (χ3n) is 2.34. The number of fused-ring (bicyclic) bond motifs is 1. The highest BCUT2D eigenvalue weighted by Crippen LogP contribution is 2.20. The van der Waals surface area contributed by atoms with Gasteiger partial charge in [-0.2, -0.15) is 0 Å². The molecule has 2 aromatic carbocycles. The smallest absolute Gasteiger partial charge is 0.300 e. The molecule has 0 saturated heterocycles. The lowest BCUT2D eigenvalue weighted by Gasteiger charge is -2.06. The zero-order valence-corrected chi connectivity index (χ0v) is 10.2. The minimum absolute atomic E-state index is 0.570. The molecule has 0 radical (unpaired) electrons. The molecule has 0 spiro atoms. The molecule has 2 N–H and O–H groups in total. The maximum atomic E-state index is 9.57. The Labute approximate surface area is 106 Å². The van der Waals surface area contributed by atoms with Crippen molar-refractivity contribution in [2.24, 2.45) is 0 Å². The van der Waals surface area contributed by atoms with Gasteiger partial charge in [0.1, 0.15) is 0 Å². The number of aliphatic carboxylic acids is 1. The minimum atomic E-state index is -0.833. The molecule has 0 heterocycles. The van der Waals surface area contributed by atoms with Crippen molar-refractivity contribution in [2.75, 3.05) is 0 Å². The third-order valence-corrected chi connectivity index (χ3v) is 2.34. The lowest BCUT2D eigenvalue weighted by atomic mass is 10.0. The summed E-state index contributed by atoms with van der Waals surface area (Å²) >= 11 is 0. The number of hydrogen-bond acceptors (Lipinski definition) is 2. The number of carboxylic acid groups (broad SMARTS) is 1. The minimum Gasteiger partial charge on any atom is -0.481 e. The van der Waals surface area contributed by atoms with E-state index in [9.17, 15) is 5.11 Å². The van der Waals surface area contributed by atoms with E-state index in [0.29, 0.717) is 0 Å². The van der Waals surface area contributed by atoms with Gasteiger partial charge in [0, 0.05) is 6.92 Å². The second-order valence-corrected chi connectivity index (χ2v) is 3.81. The Bertz CT molecular complexity index is 542. The summed E-state index contributed by atoms with van der Waals surface area (Å²) in [6, 6.07) is 14.0. The highest BCUT2D eigenvalue weighted by atomic mass is 16.4. The average molecular weight is 244 g/mol. The van der Waals surface area contributed by atoms with Crippen LogP contribution in [0.15, 0.2) is 55.1 Å². The van der Waals surface area contributed by atoms with Gasteiger partial charge in [0.05, 0.1) is 6.10 Å². The monoisotopic (exact) mass is 244 g/mol. The summed E-state index contributed by atoms with van der Waals surface area (Å²) in [5.41, 5.74) is 0.888. The molecule has 3 heteroatoms. The van der Waals surface area contributed by atoms with E-state index in [1.165, 1.54) is 11.5 Å². The fourth-order valence-corrected chi connectivity index (χ4v) is 1.53. The predicted octanol–water partition coefficient (Wildman–Crippen LogP) is 3.15. The number of benzene rings is 2. The second kappa shape index (κ2) is 6.57. The molecule has 0 bridgehead atoms. The maximum Gasteiger partial charge on any atom is 0.300 e. The molecular formula is C15H16O3. The van der Waals surface area contributed by atoms with E-state index in [1.54, 1.807) is 0 Å². The molecule has 0 aliphatic heterocycles. The topological polar surface area (TPSA) is 57.5 Å². The normalized spacial score (nSPS) is 11.2. The fourth-order valence-electron chi connectivity index (χ4n) is 1.53. The number of aliphatic hydroxyl groups excluding tert-OH is 1. The SMILES string of the molecule is C=CC(O)c1ccc2ccccc2c1.CC(=O)O. The highest BCUT2D eigenvalue weighted by molar-refractivity contribution is 5.83. The Morgan fingerprint density at radius 2 is 1.78 bits per heavy atom. The maximum absolute atomic E-state index is 9.57. The summed E-state index contributed by atoms with van der Waals surface area (Å²) in [7, 11) is 0. The van der Waals surface area contributed by atoms with Gasteiger partial charge in [-0.05, 0) is 22.4 Å². The molecule has 1 unspecified atom stereocenters. The number of rotatable bonds is 2. The molecule has 3 nitrogen and oxygen atoms in total. The van der Waals surface area contributed by atoms with E-state index >= 15 is 0 Å². The summed E-state index contributed by atoms with van der Waals surface area (Å²) < 4.78 is 0. The highest BCUT2D eigenvalue weighted by Gasteiger charge is 2.02. The van der Waals surface area contributed by atoms with Gasteiger partial charge in [0.25, 0.3) is 5.97 Å². The Hall–Kier alpha value is -2.13. The molecule has 0 saturated carbocycles. The summed E-state index contributed by atoms with van der Waals surface area (Å²) in [5, 5.41) is 19.3.